The van der Waals surface area contributed by atoms with E-state index in [1.807, 2.05) is 60.8 Å². The van der Waals surface area contributed by atoms with Gasteiger partial charge in [0.25, 0.3) is 0 Å². The highest BCUT2D eigenvalue weighted by atomic mass is 32.1. The third kappa shape index (κ3) is 4.36. The molecule has 6 heteroatoms. The predicted molar refractivity (Wildman–Crippen MR) is 101 cm³/mol. The Kier molecular flexibility index (Phi) is 5.64. The van der Waals surface area contributed by atoms with Gasteiger partial charge >= 0.3 is 6.03 Å². The predicted octanol–water partition coefficient (Wildman–Crippen LogP) is 4.53. The smallest absolute Gasteiger partial charge is 0.319 e. The topological polar surface area (TPSA) is 63.2 Å². The van der Waals surface area contributed by atoms with Gasteiger partial charge in [0.15, 0.2) is 0 Å². The fraction of sp³-hybridized carbons (Fsp3) is 0.158. The zero-order valence-corrected chi connectivity index (χ0v) is 14.7. The maximum Gasteiger partial charge on any atom is 0.319 e. The fourth-order valence-electron chi connectivity index (χ4n) is 2.41. The summed E-state index contributed by atoms with van der Waals surface area (Å²) in [6.45, 7) is 2.84. The van der Waals surface area contributed by atoms with Gasteiger partial charge in [-0.1, -0.05) is 24.3 Å². The van der Waals surface area contributed by atoms with E-state index in [1.165, 1.54) is 0 Å². The molecule has 2 heterocycles. The van der Waals surface area contributed by atoms with Crippen molar-refractivity contribution in [1.82, 2.24) is 10.3 Å². The van der Waals surface area contributed by atoms with Crippen molar-refractivity contribution in [3.63, 3.8) is 0 Å². The first kappa shape index (κ1) is 17.0. The van der Waals surface area contributed by atoms with Gasteiger partial charge in [0.1, 0.15) is 5.75 Å². The molecule has 25 heavy (non-hydrogen) atoms. The van der Waals surface area contributed by atoms with E-state index >= 15 is 0 Å². The summed E-state index contributed by atoms with van der Waals surface area (Å²) < 4.78 is 5.52. The molecule has 2 N–H and O–H groups in total. The van der Waals surface area contributed by atoms with Crippen molar-refractivity contribution >= 4 is 23.1 Å². The van der Waals surface area contributed by atoms with Crippen molar-refractivity contribution < 1.29 is 9.53 Å². The third-order valence-corrected chi connectivity index (χ3v) is 4.40. The summed E-state index contributed by atoms with van der Waals surface area (Å²) in [6, 6.07) is 14.9. The van der Waals surface area contributed by atoms with Crippen molar-refractivity contribution in [1.29, 1.82) is 0 Å². The van der Waals surface area contributed by atoms with Crippen LogP contribution < -0.4 is 15.4 Å². The molecule has 0 aliphatic heterocycles. The number of pyridine rings is 1. The Labute approximate surface area is 150 Å². The number of carbonyl (C=O) groups excluding carboxylic acids is 1. The number of ether oxygens (including phenoxy) is 1. The van der Waals surface area contributed by atoms with E-state index in [4.69, 9.17) is 4.74 Å². The van der Waals surface area contributed by atoms with E-state index in [2.05, 4.69) is 15.6 Å². The third-order valence-electron chi connectivity index (χ3n) is 3.52. The maximum absolute atomic E-state index is 12.2. The van der Waals surface area contributed by atoms with Gasteiger partial charge in [-0.15, -0.1) is 11.3 Å². The quantitative estimate of drug-likeness (QED) is 0.684. The molecule has 0 aliphatic carbocycles. The monoisotopic (exact) mass is 353 g/mol. The van der Waals surface area contributed by atoms with Crippen LogP contribution >= 0.6 is 11.3 Å². The molecule has 0 radical (unpaired) electrons. The van der Waals surface area contributed by atoms with Crippen molar-refractivity contribution in [3.05, 3.63) is 65.7 Å². The molecule has 0 spiro atoms. The number of nitrogens with zero attached hydrogens (tertiary/aromatic N) is 1. The Hall–Kier alpha value is -2.86. The standard InChI is InChI=1S/C19H19N3O2S/c1-2-24-16-9-4-3-8-15(16)22-19(23)21-13-14-7-5-11-20-18(14)17-10-6-12-25-17/h3-12H,2,13H2,1H3,(H2,21,22,23). The number of amides is 2. The zero-order chi connectivity index (χ0) is 17.5. The van der Waals surface area contributed by atoms with E-state index < -0.39 is 0 Å². The number of aromatic nitrogens is 1. The van der Waals surface area contributed by atoms with Gasteiger partial charge in [-0.3, -0.25) is 4.98 Å². The minimum absolute atomic E-state index is 0.284. The van der Waals surface area contributed by atoms with Crippen LogP contribution in [0.4, 0.5) is 10.5 Å². The van der Waals surface area contributed by atoms with Gasteiger partial charge in [-0.2, -0.15) is 0 Å². The summed E-state index contributed by atoms with van der Waals surface area (Å²) in [5.74, 6) is 0.654. The lowest BCUT2D eigenvalue weighted by Gasteiger charge is -2.13. The van der Waals surface area contributed by atoms with E-state index in [1.54, 1.807) is 17.5 Å². The zero-order valence-electron chi connectivity index (χ0n) is 13.9. The van der Waals surface area contributed by atoms with Gasteiger partial charge in [-0.25, -0.2) is 4.79 Å². The summed E-state index contributed by atoms with van der Waals surface area (Å²) in [7, 11) is 0. The van der Waals surface area contributed by atoms with Crippen molar-refractivity contribution in [2.75, 3.05) is 11.9 Å². The fourth-order valence-corrected chi connectivity index (χ4v) is 3.17. The van der Waals surface area contributed by atoms with Gasteiger partial charge in [-0.05, 0) is 42.1 Å². The Morgan fingerprint density at radius 2 is 2.04 bits per heavy atom. The van der Waals surface area contributed by atoms with E-state index in [-0.39, 0.29) is 6.03 Å². The van der Waals surface area contributed by atoms with Crippen LogP contribution in [0, 0.1) is 0 Å². The molecule has 0 bridgehead atoms. The maximum atomic E-state index is 12.2. The molecule has 5 nitrogen and oxygen atoms in total. The number of nitrogens with one attached hydrogen (secondary N) is 2. The van der Waals surface area contributed by atoms with Gasteiger partial charge in [0, 0.05) is 12.7 Å². The van der Waals surface area contributed by atoms with Crippen LogP contribution in [0.25, 0.3) is 10.6 Å². The second kappa shape index (κ2) is 8.30. The largest absolute Gasteiger partial charge is 0.492 e. The highest BCUT2D eigenvalue weighted by Gasteiger charge is 2.10. The number of rotatable bonds is 6. The number of hydrogen-bond donors (Lipinski definition) is 2. The lowest BCUT2D eigenvalue weighted by Crippen LogP contribution is -2.28. The lowest BCUT2D eigenvalue weighted by molar-refractivity contribution is 0.251. The molecule has 0 fully saturated rings. The van der Waals surface area contributed by atoms with Crippen LogP contribution in [0.2, 0.25) is 0 Å². The molecule has 3 aromatic rings. The van der Waals surface area contributed by atoms with Crippen LogP contribution in [0.15, 0.2) is 60.1 Å². The Morgan fingerprint density at radius 3 is 2.84 bits per heavy atom. The highest BCUT2D eigenvalue weighted by molar-refractivity contribution is 7.13. The molecule has 0 atom stereocenters. The number of urea groups is 1. The number of hydrogen-bond acceptors (Lipinski definition) is 4. The minimum atomic E-state index is -0.284. The molecule has 0 saturated heterocycles. The molecule has 0 unspecified atom stereocenters. The normalized spacial score (nSPS) is 10.3. The number of para-hydroxylation sites is 2. The van der Waals surface area contributed by atoms with Gasteiger partial charge in [0.2, 0.25) is 0 Å². The molecular formula is C19H19N3O2S. The summed E-state index contributed by atoms with van der Waals surface area (Å²) in [5.41, 5.74) is 2.51. The minimum Gasteiger partial charge on any atom is -0.492 e. The number of carbonyl (C=O) groups is 1. The molecular weight excluding hydrogens is 334 g/mol. The average Bonchev–Trinajstić information content (AvgIpc) is 3.17. The highest BCUT2D eigenvalue weighted by Crippen LogP contribution is 2.26. The summed E-state index contributed by atoms with van der Waals surface area (Å²) >= 11 is 1.63. The lowest BCUT2D eigenvalue weighted by atomic mass is 10.1. The molecule has 128 valence electrons. The number of benzene rings is 1. The first-order chi connectivity index (χ1) is 12.3. The molecule has 0 saturated carbocycles. The summed E-state index contributed by atoms with van der Waals surface area (Å²) in [5, 5.41) is 7.72. The van der Waals surface area contributed by atoms with Gasteiger partial charge in [0.05, 0.1) is 22.9 Å². The number of anilines is 1. The van der Waals surface area contributed by atoms with Gasteiger partial charge < -0.3 is 15.4 Å². The second-order valence-electron chi connectivity index (χ2n) is 5.23. The Morgan fingerprint density at radius 1 is 1.16 bits per heavy atom. The SMILES string of the molecule is CCOc1ccccc1NC(=O)NCc1cccnc1-c1cccs1. The molecule has 1 aromatic carbocycles. The Balaban J connectivity index is 1.66. The van der Waals surface area contributed by atoms with Crippen molar-refractivity contribution in [2.24, 2.45) is 0 Å². The summed E-state index contributed by atoms with van der Waals surface area (Å²) in [6.07, 6.45) is 1.76. The molecule has 0 aliphatic rings. The van der Waals surface area contributed by atoms with E-state index in [0.29, 0.717) is 24.6 Å². The molecule has 2 amide bonds. The van der Waals surface area contributed by atoms with E-state index in [9.17, 15) is 4.79 Å². The second-order valence-corrected chi connectivity index (χ2v) is 6.17. The first-order valence-electron chi connectivity index (χ1n) is 8.02. The molecule has 3 rings (SSSR count). The first-order valence-corrected chi connectivity index (χ1v) is 8.90. The average molecular weight is 353 g/mol. The Bertz CT molecular complexity index is 834. The number of thiophene rings is 1. The van der Waals surface area contributed by atoms with E-state index in [0.717, 1.165) is 16.1 Å². The molecule has 2 aromatic heterocycles. The van der Waals surface area contributed by atoms with Crippen LogP contribution in [0.1, 0.15) is 12.5 Å². The van der Waals surface area contributed by atoms with Crippen LogP contribution in [0.5, 0.6) is 5.75 Å². The van der Waals surface area contributed by atoms with Crippen LogP contribution in [-0.2, 0) is 6.54 Å². The van der Waals surface area contributed by atoms with Crippen LogP contribution in [-0.4, -0.2) is 17.6 Å². The van der Waals surface area contributed by atoms with Crippen molar-refractivity contribution in [3.8, 4) is 16.3 Å². The van der Waals surface area contributed by atoms with Crippen molar-refractivity contribution in [2.45, 2.75) is 13.5 Å². The summed E-state index contributed by atoms with van der Waals surface area (Å²) in [4.78, 5) is 17.8. The van der Waals surface area contributed by atoms with Crippen LogP contribution in [0.3, 0.4) is 0 Å².